The molecule has 1 aromatic carbocycles. The van der Waals surface area contributed by atoms with Crippen LogP contribution in [0.1, 0.15) is 18.4 Å². The summed E-state index contributed by atoms with van der Waals surface area (Å²) in [5.74, 6) is -0.637. The fourth-order valence-corrected chi connectivity index (χ4v) is 1.84. The van der Waals surface area contributed by atoms with Gasteiger partial charge in [0, 0.05) is 26.2 Å². The number of Topliss-reactive ketones (excluding diaryl/α,β-unsaturated/α-hetero) is 1. The van der Waals surface area contributed by atoms with E-state index in [0.717, 1.165) is 18.4 Å². The van der Waals surface area contributed by atoms with Crippen LogP contribution in [0.4, 0.5) is 0 Å². The Morgan fingerprint density at radius 3 is 2.45 bits per heavy atom. The highest BCUT2D eigenvalue weighted by Gasteiger charge is 2.35. The van der Waals surface area contributed by atoms with Crippen LogP contribution in [0, 0.1) is 5.92 Å². The molecule has 0 aromatic heterocycles. The molecule has 4 heteroatoms. The van der Waals surface area contributed by atoms with Crippen molar-refractivity contribution in [1.82, 2.24) is 4.90 Å². The molecule has 0 saturated heterocycles. The first-order valence-corrected chi connectivity index (χ1v) is 6.71. The van der Waals surface area contributed by atoms with Gasteiger partial charge in [-0.05, 0) is 18.4 Å². The number of carbonyl (C=O) groups excluding carboxylic acids is 2. The second-order valence-electron chi connectivity index (χ2n) is 5.21. The van der Waals surface area contributed by atoms with E-state index in [4.69, 9.17) is 4.74 Å². The highest BCUT2D eigenvalue weighted by molar-refractivity contribution is 6.18. The van der Waals surface area contributed by atoms with Gasteiger partial charge in [0.1, 0.15) is 12.2 Å². The maximum Gasteiger partial charge on any atom is 0.343 e. The first kappa shape index (κ1) is 14.3. The molecule has 1 fully saturated rings. The fourth-order valence-electron chi connectivity index (χ4n) is 1.84. The van der Waals surface area contributed by atoms with Crippen molar-refractivity contribution in [2.24, 2.45) is 5.92 Å². The van der Waals surface area contributed by atoms with Crippen molar-refractivity contribution in [3.63, 3.8) is 0 Å². The lowest BCUT2D eigenvalue weighted by Crippen LogP contribution is -2.20. The molecule has 20 heavy (non-hydrogen) atoms. The largest absolute Gasteiger partial charge is 0.457 e. The Balaban J connectivity index is 2.01. The normalized spacial score (nSPS) is 14.8. The molecule has 1 aliphatic rings. The van der Waals surface area contributed by atoms with E-state index in [1.54, 1.807) is 25.2 Å². The van der Waals surface area contributed by atoms with Crippen LogP contribution in [-0.4, -0.2) is 30.7 Å². The highest BCUT2D eigenvalue weighted by Crippen LogP contribution is 2.32. The van der Waals surface area contributed by atoms with E-state index in [2.05, 4.69) is 0 Å². The quantitative estimate of drug-likeness (QED) is 0.345. The summed E-state index contributed by atoms with van der Waals surface area (Å²) in [6.45, 7) is 0.183. The Morgan fingerprint density at radius 2 is 1.90 bits per heavy atom. The fraction of sp³-hybridized carbons (Fsp3) is 0.375. The Morgan fingerprint density at radius 1 is 1.25 bits per heavy atom. The lowest BCUT2D eigenvalue weighted by Gasteiger charge is -2.11. The Kier molecular flexibility index (Phi) is 4.56. The minimum atomic E-state index is -0.542. The SMILES string of the molecule is CN(C)C=C(C(=O)OCc1ccccc1)C(=O)C1CC1. The molecule has 0 radical (unpaired) electrons. The Bertz CT molecular complexity index is 516. The van der Waals surface area contributed by atoms with Crippen LogP contribution in [0.15, 0.2) is 42.1 Å². The number of benzene rings is 1. The van der Waals surface area contributed by atoms with Gasteiger partial charge in [-0.2, -0.15) is 0 Å². The number of ketones is 1. The smallest absolute Gasteiger partial charge is 0.343 e. The second-order valence-corrected chi connectivity index (χ2v) is 5.21. The number of esters is 1. The van der Waals surface area contributed by atoms with Crippen molar-refractivity contribution in [2.75, 3.05) is 14.1 Å². The van der Waals surface area contributed by atoms with Crippen molar-refractivity contribution < 1.29 is 14.3 Å². The number of hydrogen-bond acceptors (Lipinski definition) is 4. The van der Waals surface area contributed by atoms with Gasteiger partial charge >= 0.3 is 5.97 Å². The van der Waals surface area contributed by atoms with Crippen LogP contribution in [0.2, 0.25) is 0 Å². The number of hydrogen-bond donors (Lipinski definition) is 0. The zero-order valence-electron chi connectivity index (χ0n) is 11.8. The molecule has 1 aromatic rings. The summed E-state index contributed by atoms with van der Waals surface area (Å²) in [5, 5.41) is 0. The number of rotatable bonds is 6. The zero-order valence-corrected chi connectivity index (χ0v) is 11.8. The molecule has 0 N–H and O–H groups in total. The molecular formula is C16H19NO3. The standard InChI is InChI=1S/C16H19NO3/c1-17(2)10-14(15(18)13-8-9-13)16(19)20-11-12-6-4-3-5-7-12/h3-7,10,13H,8-9,11H2,1-2H3. The molecule has 0 amide bonds. The van der Waals surface area contributed by atoms with Crippen LogP contribution in [0.25, 0.3) is 0 Å². The summed E-state index contributed by atoms with van der Waals surface area (Å²) >= 11 is 0. The first-order chi connectivity index (χ1) is 9.58. The van der Waals surface area contributed by atoms with E-state index >= 15 is 0 Å². The minimum Gasteiger partial charge on any atom is -0.457 e. The van der Waals surface area contributed by atoms with E-state index in [1.807, 2.05) is 30.3 Å². The number of ether oxygens (including phenoxy) is 1. The van der Waals surface area contributed by atoms with Gasteiger partial charge in [0.15, 0.2) is 5.78 Å². The van der Waals surface area contributed by atoms with Gasteiger partial charge < -0.3 is 9.64 Å². The molecule has 0 spiro atoms. The van der Waals surface area contributed by atoms with E-state index < -0.39 is 5.97 Å². The van der Waals surface area contributed by atoms with Crippen molar-refractivity contribution >= 4 is 11.8 Å². The van der Waals surface area contributed by atoms with Gasteiger partial charge in [-0.1, -0.05) is 30.3 Å². The van der Waals surface area contributed by atoms with Crippen LogP contribution in [-0.2, 0) is 20.9 Å². The van der Waals surface area contributed by atoms with Crippen LogP contribution < -0.4 is 0 Å². The molecule has 1 aliphatic carbocycles. The van der Waals surface area contributed by atoms with Gasteiger partial charge in [0.05, 0.1) is 0 Å². The third-order valence-electron chi connectivity index (χ3n) is 3.03. The average Bonchev–Trinajstić information content (AvgIpc) is 3.27. The lowest BCUT2D eigenvalue weighted by molar-refractivity contribution is -0.142. The minimum absolute atomic E-state index is 0.00507. The van der Waals surface area contributed by atoms with Gasteiger partial charge in [-0.25, -0.2) is 4.79 Å². The maximum atomic E-state index is 12.1. The van der Waals surface area contributed by atoms with Crippen molar-refractivity contribution in [2.45, 2.75) is 19.4 Å². The van der Waals surface area contributed by atoms with Crippen LogP contribution in [0.5, 0.6) is 0 Å². The third kappa shape index (κ3) is 3.95. The Hall–Kier alpha value is -2.10. The van der Waals surface area contributed by atoms with E-state index in [-0.39, 0.29) is 23.9 Å². The molecule has 106 valence electrons. The monoisotopic (exact) mass is 273 g/mol. The van der Waals surface area contributed by atoms with Crippen molar-refractivity contribution in [3.8, 4) is 0 Å². The second kappa shape index (κ2) is 6.37. The number of nitrogens with zero attached hydrogens (tertiary/aromatic N) is 1. The van der Waals surface area contributed by atoms with Crippen molar-refractivity contribution in [1.29, 1.82) is 0 Å². The van der Waals surface area contributed by atoms with E-state index in [0.29, 0.717) is 0 Å². The average molecular weight is 273 g/mol. The van der Waals surface area contributed by atoms with Crippen molar-refractivity contribution in [3.05, 3.63) is 47.7 Å². The lowest BCUT2D eigenvalue weighted by atomic mass is 10.1. The van der Waals surface area contributed by atoms with Crippen LogP contribution in [0.3, 0.4) is 0 Å². The van der Waals surface area contributed by atoms with Gasteiger partial charge in [-0.15, -0.1) is 0 Å². The maximum absolute atomic E-state index is 12.1. The summed E-state index contributed by atoms with van der Waals surface area (Å²) in [5.41, 5.74) is 1.05. The molecule has 0 atom stereocenters. The molecule has 0 bridgehead atoms. The zero-order chi connectivity index (χ0) is 14.5. The van der Waals surface area contributed by atoms with E-state index in [9.17, 15) is 9.59 Å². The number of carbonyl (C=O) groups is 2. The van der Waals surface area contributed by atoms with Gasteiger partial charge in [0.25, 0.3) is 0 Å². The molecule has 4 nitrogen and oxygen atoms in total. The molecular weight excluding hydrogens is 254 g/mol. The molecule has 0 aliphatic heterocycles. The third-order valence-corrected chi connectivity index (χ3v) is 3.03. The Labute approximate surface area is 119 Å². The van der Waals surface area contributed by atoms with Gasteiger partial charge in [0.2, 0.25) is 0 Å². The first-order valence-electron chi connectivity index (χ1n) is 6.71. The summed E-state index contributed by atoms with van der Waals surface area (Å²) in [6.07, 6.45) is 3.29. The predicted octanol–water partition coefficient (Wildman–Crippen LogP) is 2.15. The highest BCUT2D eigenvalue weighted by atomic mass is 16.5. The molecule has 0 heterocycles. The van der Waals surface area contributed by atoms with E-state index in [1.165, 1.54) is 0 Å². The summed E-state index contributed by atoms with van der Waals surface area (Å²) in [6, 6.07) is 9.43. The topological polar surface area (TPSA) is 46.6 Å². The predicted molar refractivity (Wildman–Crippen MR) is 75.7 cm³/mol. The molecule has 1 saturated carbocycles. The summed E-state index contributed by atoms with van der Waals surface area (Å²) < 4.78 is 5.24. The molecule has 0 unspecified atom stereocenters. The van der Waals surface area contributed by atoms with Gasteiger partial charge in [-0.3, -0.25) is 4.79 Å². The summed E-state index contributed by atoms with van der Waals surface area (Å²) in [4.78, 5) is 25.9. The van der Waals surface area contributed by atoms with Crippen LogP contribution >= 0.6 is 0 Å². The molecule has 2 rings (SSSR count). The summed E-state index contributed by atoms with van der Waals surface area (Å²) in [7, 11) is 3.56.